The summed E-state index contributed by atoms with van der Waals surface area (Å²) in [6.45, 7) is 0. The first-order valence-electron chi connectivity index (χ1n) is 7.97. The van der Waals surface area contributed by atoms with Gasteiger partial charge in [-0.25, -0.2) is 0 Å². The van der Waals surface area contributed by atoms with Gasteiger partial charge in [-0.3, -0.25) is 14.6 Å². The molecule has 128 valence electrons. The van der Waals surface area contributed by atoms with Crippen LogP contribution in [0.3, 0.4) is 0 Å². The smallest absolute Gasteiger partial charge is 0.324 e. The molecule has 0 spiro atoms. The second kappa shape index (κ2) is 6.89. The highest BCUT2D eigenvalue weighted by Gasteiger charge is 2.76. The number of methoxy groups -OCH3 is 2. The fraction of sp³-hybridized carbons (Fsp3) is 0.250. The van der Waals surface area contributed by atoms with Gasteiger partial charge in [0.25, 0.3) is 0 Å². The molecule has 2 aromatic rings. The number of benzene rings is 1. The van der Waals surface area contributed by atoms with Crippen molar-refractivity contribution in [2.24, 2.45) is 11.3 Å². The summed E-state index contributed by atoms with van der Waals surface area (Å²) in [5.41, 5.74) is 0.266. The largest absolute Gasteiger partial charge is 0.468 e. The van der Waals surface area contributed by atoms with Crippen molar-refractivity contribution in [3.63, 3.8) is 0 Å². The van der Waals surface area contributed by atoms with Crippen LogP contribution in [-0.4, -0.2) is 31.1 Å². The first kappa shape index (κ1) is 16.9. The Hall–Kier alpha value is -2.95. The summed E-state index contributed by atoms with van der Waals surface area (Å²) in [6, 6.07) is 15.1. The predicted molar refractivity (Wildman–Crippen MR) is 92.4 cm³/mol. The molecule has 0 saturated heterocycles. The zero-order chi connectivity index (χ0) is 17.9. The van der Waals surface area contributed by atoms with Crippen molar-refractivity contribution in [3.05, 3.63) is 72.1 Å². The Morgan fingerprint density at radius 2 is 1.64 bits per heavy atom. The molecule has 0 aliphatic heterocycles. The van der Waals surface area contributed by atoms with Crippen LogP contribution in [0.2, 0.25) is 0 Å². The molecule has 1 aromatic heterocycles. The van der Waals surface area contributed by atoms with Crippen molar-refractivity contribution in [1.29, 1.82) is 0 Å². The van der Waals surface area contributed by atoms with Gasteiger partial charge in [0.15, 0.2) is 5.41 Å². The number of carbonyl (C=O) groups is 2. The number of esters is 2. The number of rotatable bonds is 5. The first-order chi connectivity index (χ1) is 12.2. The molecule has 5 heteroatoms. The summed E-state index contributed by atoms with van der Waals surface area (Å²) in [7, 11) is 2.55. The molecule has 1 aliphatic rings. The number of ether oxygens (including phenoxy) is 2. The first-order valence-corrected chi connectivity index (χ1v) is 7.97. The number of hydrogen-bond donors (Lipinski definition) is 0. The molecule has 0 radical (unpaired) electrons. The maximum atomic E-state index is 12.5. The Morgan fingerprint density at radius 1 is 1.00 bits per heavy atom. The number of allylic oxidation sites excluding steroid dienone is 1. The second-order valence-electron chi connectivity index (χ2n) is 5.88. The van der Waals surface area contributed by atoms with Gasteiger partial charge >= 0.3 is 11.9 Å². The lowest BCUT2D eigenvalue weighted by molar-refractivity contribution is -0.162. The van der Waals surface area contributed by atoms with Crippen molar-refractivity contribution >= 4 is 18.0 Å². The minimum atomic E-state index is -1.39. The zero-order valence-corrected chi connectivity index (χ0v) is 14.1. The number of hydrogen-bond acceptors (Lipinski definition) is 5. The number of nitrogens with zero attached hydrogens (tertiary/aromatic N) is 1. The van der Waals surface area contributed by atoms with E-state index >= 15 is 0 Å². The van der Waals surface area contributed by atoms with Gasteiger partial charge in [-0.05, 0) is 17.7 Å². The molecule has 0 amide bonds. The lowest BCUT2D eigenvalue weighted by Crippen LogP contribution is -2.31. The molecular weight excluding hydrogens is 318 g/mol. The maximum absolute atomic E-state index is 12.5. The summed E-state index contributed by atoms with van der Waals surface area (Å²) < 4.78 is 9.87. The minimum Gasteiger partial charge on any atom is -0.468 e. The van der Waals surface area contributed by atoms with E-state index in [0.29, 0.717) is 5.69 Å². The van der Waals surface area contributed by atoms with Crippen molar-refractivity contribution in [2.75, 3.05) is 14.2 Å². The average molecular weight is 337 g/mol. The molecule has 25 heavy (non-hydrogen) atoms. The van der Waals surface area contributed by atoms with Crippen molar-refractivity contribution < 1.29 is 19.1 Å². The molecule has 5 nitrogen and oxygen atoms in total. The van der Waals surface area contributed by atoms with E-state index in [-0.39, 0.29) is 5.92 Å². The normalized spacial score (nSPS) is 20.9. The Bertz CT molecular complexity index is 770. The molecule has 1 aromatic carbocycles. The zero-order valence-electron chi connectivity index (χ0n) is 14.1. The molecule has 1 aliphatic carbocycles. The van der Waals surface area contributed by atoms with Crippen LogP contribution in [-0.2, 0) is 19.1 Å². The van der Waals surface area contributed by atoms with Gasteiger partial charge in [0.2, 0.25) is 0 Å². The van der Waals surface area contributed by atoms with Gasteiger partial charge < -0.3 is 9.47 Å². The third-order valence-corrected chi connectivity index (χ3v) is 4.61. The number of aromatic nitrogens is 1. The van der Waals surface area contributed by atoms with Crippen LogP contribution in [0.25, 0.3) is 6.08 Å². The van der Waals surface area contributed by atoms with Gasteiger partial charge in [0.05, 0.1) is 14.2 Å². The summed E-state index contributed by atoms with van der Waals surface area (Å²) in [6.07, 6.45) is 5.40. The highest BCUT2D eigenvalue weighted by atomic mass is 16.5. The molecule has 1 fully saturated rings. The van der Waals surface area contributed by atoms with Gasteiger partial charge in [0.1, 0.15) is 0 Å². The minimum absolute atomic E-state index is 0.373. The van der Waals surface area contributed by atoms with Crippen molar-refractivity contribution in [2.45, 2.75) is 5.92 Å². The van der Waals surface area contributed by atoms with E-state index in [1.807, 2.05) is 54.6 Å². The molecule has 2 atom stereocenters. The van der Waals surface area contributed by atoms with Crippen LogP contribution in [0, 0.1) is 11.3 Å². The lowest BCUT2D eigenvalue weighted by Gasteiger charge is -2.12. The molecule has 2 unspecified atom stereocenters. The van der Waals surface area contributed by atoms with Gasteiger partial charge in [-0.1, -0.05) is 48.6 Å². The summed E-state index contributed by atoms with van der Waals surface area (Å²) in [4.78, 5) is 29.4. The van der Waals surface area contributed by atoms with Gasteiger partial charge in [-0.15, -0.1) is 0 Å². The predicted octanol–water partition coefficient (Wildman–Crippen LogP) is 2.84. The Balaban J connectivity index is 2.02. The fourth-order valence-corrected chi connectivity index (χ4v) is 3.38. The third-order valence-electron chi connectivity index (χ3n) is 4.61. The Labute approximate surface area is 146 Å². The molecule has 0 bridgehead atoms. The van der Waals surface area contributed by atoms with E-state index in [1.165, 1.54) is 14.2 Å². The van der Waals surface area contributed by atoms with E-state index < -0.39 is 23.3 Å². The summed E-state index contributed by atoms with van der Waals surface area (Å²) in [5.74, 6) is -1.98. The Kier molecular flexibility index (Phi) is 4.65. The van der Waals surface area contributed by atoms with E-state index in [0.717, 1.165) is 5.56 Å². The van der Waals surface area contributed by atoms with Crippen molar-refractivity contribution in [3.8, 4) is 0 Å². The summed E-state index contributed by atoms with van der Waals surface area (Å²) in [5, 5.41) is 0. The third kappa shape index (κ3) is 2.82. The molecule has 0 N–H and O–H groups in total. The SMILES string of the molecule is COC(=O)C1(C(=O)OC)C(/C=C/c2ccccc2)C1c1ccccn1. The lowest BCUT2D eigenvalue weighted by atomic mass is 10.0. The highest BCUT2D eigenvalue weighted by Crippen LogP contribution is 2.66. The van der Waals surface area contributed by atoms with Crippen LogP contribution < -0.4 is 0 Å². The van der Waals surface area contributed by atoms with E-state index in [4.69, 9.17) is 9.47 Å². The quantitative estimate of drug-likeness (QED) is 0.620. The van der Waals surface area contributed by atoms with Crippen LogP contribution in [0.1, 0.15) is 17.2 Å². The standard InChI is InChI=1S/C20H19NO4/c1-24-18(22)20(19(23)25-2)15(12-11-14-8-4-3-5-9-14)17(20)16-10-6-7-13-21-16/h3-13,15,17H,1-2H3/b12-11+. The molecule has 1 saturated carbocycles. The number of carbonyl (C=O) groups excluding carboxylic acids is 2. The van der Waals surface area contributed by atoms with Crippen LogP contribution in [0.15, 0.2) is 60.8 Å². The second-order valence-corrected chi connectivity index (χ2v) is 5.88. The van der Waals surface area contributed by atoms with Crippen LogP contribution >= 0.6 is 0 Å². The summed E-state index contributed by atoms with van der Waals surface area (Å²) >= 11 is 0. The number of pyridine rings is 1. The van der Waals surface area contributed by atoms with E-state index in [1.54, 1.807) is 12.3 Å². The van der Waals surface area contributed by atoms with E-state index in [2.05, 4.69) is 4.98 Å². The monoisotopic (exact) mass is 337 g/mol. The fourth-order valence-electron chi connectivity index (χ4n) is 3.38. The van der Waals surface area contributed by atoms with Gasteiger partial charge in [-0.2, -0.15) is 0 Å². The molecule has 1 heterocycles. The topological polar surface area (TPSA) is 65.5 Å². The molecular formula is C20H19NO4. The average Bonchev–Trinajstić information content (AvgIpc) is 3.36. The molecule has 3 rings (SSSR count). The van der Waals surface area contributed by atoms with Crippen molar-refractivity contribution in [1.82, 2.24) is 4.98 Å². The van der Waals surface area contributed by atoms with Crippen LogP contribution in [0.5, 0.6) is 0 Å². The Morgan fingerprint density at radius 3 is 2.20 bits per heavy atom. The van der Waals surface area contributed by atoms with E-state index in [9.17, 15) is 9.59 Å². The van der Waals surface area contributed by atoms with Crippen LogP contribution in [0.4, 0.5) is 0 Å². The highest BCUT2D eigenvalue weighted by molar-refractivity contribution is 6.06. The maximum Gasteiger partial charge on any atom is 0.324 e. The van der Waals surface area contributed by atoms with Gasteiger partial charge in [0, 0.05) is 23.7 Å².